The van der Waals surface area contributed by atoms with Crippen molar-refractivity contribution in [1.82, 2.24) is 9.55 Å². The van der Waals surface area contributed by atoms with Gasteiger partial charge in [0.25, 0.3) is 5.56 Å². The third kappa shape index (κ3) is 4.95. The van der Waals surface area contributed by atoms with Crippen molar-refractivity contribution in [2.75, 3.05) is 11.1 Å². The number of rotatable bonds is 8. The summed E-state index contributed by atoms with van der Waals surface area (Å²) in [5, 5.41) is 4.22. The molecular weight excluding hydrogens is 462 g/mol. The second kappa shape index (κ2) is 10.6. The fraction of sp³-hybridized carbons (Fsp3) is 0.296. The van der Waals surface area contributed by atoms with Gasteiger partial charge in [-0.05, 0) is 61.6 Å². The van der Waals surface area contributed by atoms with Crippen LogP contribution in [0, 0.1) is 13.8 Å². The van der Waals surface area contributed by atoms with Gasteiger partial charge in [0.05, 0.1) is 16.8 Å². The number of aryl methyl sites for hydroxylation is 4. The van der Waals surface area contributed by atoms with E-state index in [1.165, 1.54) is 16.6 Å². The third-order valence-corrected chi connectivity index (χ3v) is 7.96. The van der Waals surface area contributed by atoms with Gasteiger partial charge in [0.1, 0.15) is 4.83 Å². The highest BCUT2D eigenvalue weighted by Gasteiger charge is 2.20. The average molecular weight is 492 g/mol. The minimum Gasteiger partial charge on any atom is -0.325 e. The van der Waals surface area contributed by atoms with Crippen LogP contribution in [0.25, 0.3) is 15.9 Å². The SMILES string of the molecule is CCCc1sc2nc(SCC(=O)Nc3ccccc3CC)n(-c3cccc(C)c3)c(=O)c2c1C. The molecule has 5 nitrogen and oxygen atoms in total. The molecule has 2 aromatic carbocycles. The predicted molar refractivity (Wildman–Crippen MR) is 144 cm³/mol. The predicted octanol–water partition coefficient (Wildman–Crippen LogP) is 6.31. The monoisotopic (exact) mass is 491 g/mol. The topological polar surface area (TPSA) is 64.0 Å². The highest BCUT2D eigenvalue weighted by atomic mass is 32.2. The first kappa shape index (κ1) is 24.2. The van der Waals surface area contributed by atoms with Crippen LogP contribution in [0.2, 0.25) is 0 Å². The summed E-state index contributed by atoms with van der Waals surface area (Å²) in [5.41, 5.74) is 4.68. The Bertz CT molecular complexity index is 1410. The van der Waals surface area contributed by atoms with E-state index in [2.05, 4.69) is 19.2 Å². The Hall–Kier alpha value is -2.90. The molecule has 0 aliphatic heterocycles. The Morgan fingerprint density at radius 3 is 2.65 bits per heavy atom. The molecule has 4 aromatic rings. The number of carbonyl (C=O) groups excluding carboxylic acids is 1. The Balaban J connectivity index is 1.72. The van der Waals surface area contributed by atoms with E-state index in [-0.39, 0.29) is 17.2 Å². The summed E-state index contributed by atoms with van der Waals surface area (Å²) in [7, 11) is 0. The minimum absolute atomic E-state index is 0.0778. The molecule has 0 aliphatic rings. The summed E-state index contributed by atoms with van der Waals surface area (Å²) in [6.07, 6.45) is 2.78. The number of thioether (sulfide) groups is 1. The van der Waals surface area contributed by atoms with Gasteiger partial charge in [-0.15, -0.1) is 11.3 Å². The highest BCUT2D eigenvalue weighted by Crippen LogP contribution is 2.31. The summed E-state index contributed by atoms with van der Waals surface area (Å²) in [6.45, 7) is 8.22. The van der Waals surface area contributed by atoms with E-state index in [4.69, 9.17) is 4.98 Å². The number of benzene rings is 2. The van der Waals surface area contributed by atoms with Gasteiger partial charge < -0.3 is 5.32 Å². The summed E-state index contributed by atoms with van der Waals surface area (Å²) in [6, 6.07) is 15.6. The van der Waals surface area contributed by atoms with Crippen LogP contribution in [0.4, 0.5) is 5.69 Å². The summed E-state index contributed by atoms with van der Waals surface area (Å²) >= 11 is 2.88. The first-order valence-corrected chi connectivity index (χ1v) is 13.4. The maximum absolute atomic E-state index is 13.7. The fourth-order valence-electron chi connectivity index (χ4n) is 4.03. The van der Waals surface area contributed by atoms with Gasteiger partial charge in [0, 0.05) is 10.6 Å². The lowest BCUT2D eigenvalue weighted by atomic mass is 10.1. The molecule has 0 spiro atoms. The molecule has 0 atom stereocenters. The Morgan fingerprint density at radius 1 is 1.12 bits per heavy atom. The number of anilines is 1. The van der Waals surface area contributed by atoms with Crippen LogP contribution in [-0.4, -0.2) is 21.2 Å². The van der Waals surface area contributed by atoms with E-state index in [1.807, 2.05) is 62.4 Å². The number of nitrogens with one attached hydrogen (secondary N) is 1. The zero-order valence-corrected chi connectivity index (χ0v) is 21.6. The van der Waals surface area contributed by atoms with Crippen LogP contribution in [0.5, 0.6) is 0 Å². The van der Waals surface area contributed by atoms with Crippen LogP contribution >= 0.6 is 23.1 Å². The van der Waals surface area contributed by atoms with Crippen LogP contribution in [0.15, 0.2) is 58.5 Å². The molecule has 2 aromatic heterocycles. The molecule has 0 fully saturated rings. The molecule has 0 radical (unpaired) electrons. The number of hydrogen-bond donors (Lipinski definition) is 1. The molecule has 7 heteroatoms. The van der Waals surface area contributed by atoms with Gasteiger partial charge in [-0.3, -0.25) is 14.2 Å². The molecular formula is C27H29N3O2S2. The molecule has 1 N–H and O–H groups in total. The van der Waals surface area contributed by atoms with E-state index in [9.17, 15) is 9.59 Å². The van der Waals surface area contributed by atoms with Crippen LogP contribution in [0.1, 0.15) is 41.8 Å². The lowest BCUT2D eigenvalue weighted by Gasteiger charge is -2.13. The van der Waals surface area contributed by atoms with Crippen molar-refractivity contribution in [1.29, 1.82) is 0 Å². The molecule has 0 bridgehead atoms. The van der Waals surface area contributed by atoms with Crippen molar-refractivity contribution in [3.8, 4) is 5.69 Å². The van der Waals surface area contributed by atoms with Crippen LogP contribution < -0.4 is 10.9 Å². The Labute approximate surface area is 208 Å². The van der Waals surface area contributed by atoms with E-state index in [1.54, 1.807) is 15.9 Å². The van der Waals surface area contributed by atoms with Crippen molar-refractivity contribution in [2.45, 2.75) is 52.1 Å². The molecule has 4 rings (SSSR count). The summed E-state index contributed by atoms with van der Waals surface area (Å²) in [4.78, 5) is 33.4. The van der Waals surface area contributed by atoms with Gasteiger partial charge in [-0.25, -0.2) is 4.98 Å². The maximum Gasteiger partial charge on any atom is 0.267 e. The number of hydrogen-bond acceptors (Lipinski definition) is 5. The van der Waals surface area contributed by atoms with E-state index in [0.29, 0.717) is 10.5 Å². The summed E-state index contributed by atoms with van der Waals surface area (Å²) in [5.74, 6) is 0.0404. The smallest absolute Gasteiger partial charge is 0.267 e. The number of aromatic nitrogens is 2. The Morgan fingerprint density at radius 2 is 1.91 bits per heavy atom. The first-order valence-electron chi connectivity index (χ1n) is 11.6. The number of thiophene rings is 1. The molecule has 0 unspecified atom stereocenters. The van der Waals surface area contributed by atoms with Crippen molar-refractivity contribution in [3.63, 3.8) is 0 Å². The van der Waals surface area contributed by atoms with Gasteiger partial charge in [0.15, 0.2) is 5.16 Å². The van der Waals surface area contributed by atoms with E-state index < -0.39 is 0 Å². The highest BCUT2D eigenvalue weighted by molar-refractivity contribution is 7.99. The zero-order valence-electron chi connectivity index (χ0n) is 20.0. The maximum atomic E-state index is 13.7. The van der Waals surface area contributed by atoms with E-state index >= 15 is 0 Å². The normalized spacial score (nSPS) is 11.2. The third-order valence-electron chi connectivity index (χ3n) is 5.77. The molecule has 0 aliphatic carbocycles. The van der Waals surface area contributed by atoms with Crippen molar-refractivity contribution < 1.29 is 4.79 Å². The van der Waals surface area contributed by atoms with Gasteiger partial charge >= 0.3 is 0 Å². The van der Waals surface area contributed by atoms with Gasteiger partial charge in [-0.1, -0.05) is 62.4 Å². The number of amides is 1. The number of carbonyl (C=O) groups is 1. The first-order chi connectivity index (χ1) is 16.4. The van der Waals surface area contributed by atoms with Crippen molar-refractivity contribution in [3.05, 3.63) is 80.5 Å². The minimum atomic E-state index is -0.120. The number of nitrogens with zero attached hydrogens (tertiary/aromatic N) is 2. The molecule has 2 heterocycles. The van der Waals surface area contributed by atoms with Gasteiger partial charge in [-0.2, -0.15) is 0 Å². The van der Waals surface area contributed by atoms with Gasteiger partial charge in [0.2, 0.25) is 5.91 Å². The second-order valence-corrected chi connectivity index (χ2v) is 10.3. The van der Waals surface area contributed by atoms with Crippen LogP contribution in [-0.2, 0) is 17.6 Å². The largest absolute Gasteiger partial charge is 0.325 e. The average Bonchev–Trinajstić information content (AvgIpc) is 3.13. The van der Waals surface area contributed by atoms with Crippen molar-refractivity contribution >= 4 is 44.9 Å². The molecule has 34 heavy (non-hydrogen) atoms. The Kier molecular flexibility index (Phi) is 7.54. The van der Waals surface area contributed by atoms with Crippen molar-refractivity contribution in [2.24, 2.45) is 0 Å². The summed E-state index contributed by atoms with van der Waals surface area (Å²) < 4.78 is 1.66. The number of para-hydroxylation sites is 1. The molecule has 0 saturated heterocycles. The van der Waals surface area contributed by atoms with Crippen LogP contribution in [0.3, 0.4) is 0 Å². The molecule has 0 saturated carbocycles. The zero-order chi connectivity index (χ0) is 24.2. The molecule has 1 amide bonds. The standard InChI is InChI=1S/C27H29N3O2S2/c1-5-10-22-18(4)24-25(34-22)29-27(30(26(24)32)20-13-9-11-17(3)15-20)33-16-23(31)28-21-14-8-7-12-19(21)6-2/h7-9,11-15H,5-6,10,16H2,1-4H3,(H,28,31). The fourth-order valence-corrected chi connectivity index (χ4v) is 6.17. The van der Waals surface area contributed by atoms with E-state index in [0.717, 1.165) is 52.2 Å². The lowest BCUT2D eigenvalue weighted by Crippen LogP contribution is -2.23. The second-order valence-electron chi connectivity index (χ2n) is 8.30. The lowest BCUT2D eigenvalue weighted by molar-refractivity contribution is -0.113. The number of fused-ring (bicyclic) bond motifs is 1. The quantitative estimate of drug-likeness (QED) is 0.232. The molecule has 176 valence electrons.